The molecule has 0 spiro atoms. The highest BCUT2D eigenvalue weighted by Gasteiger charge is 2.28. The van der Waals surface area contributed by atoms with Gasteiger partial charge >= 0.3 is 0 Å². The van der Waals surface area contributed by atoms with Gasteiger partial charge in [-0.25, -0.2) is 8.42 Å². The Morgan fingerprint density at radius 2 is 1.79 bits per heavy atom. The number of carbonyl (C=O) groups is 1. The van der Waals surface area contributed by atoms with E-state index in [9.17, 15) is 13.2 Å². The number of hydrogen-bond donors (Lipinski definition) is 1. The van der Waals surface area contributed by atoms with Gasteiger partial charge in [0.15, 0.2) is 0 Å². The Labute approximate surface area is 167 Å². The lowest BCUT2D eigenvalue weighted by molar-refractivity contribution is -0.120. The summed E-state index contributed by atoms with van der Waals surface area (Å²) < 4.78 is 33.0. The summed E-state index contributed by atoms with van der Waals surface area (Å²) in [7, 11) is -2.36. The molecule has 28 heavy (non-hydrogen) atoms. The number of anilines is 1. The van der Waals surface area contributed by atoms with Crippen LogP contribution in [-0.4, -0.2) is 40.6 Å². The van der Waals surface area contributed by atoms with Gasteiger partial charge in [-0.3, -0.25) is 9.10 Å². The van der Waals surface area contributed by atoms with Gasteiger partial charge in [-0.1, -0.05) is 42.8 Å². The molecule has 0 heterocycles. The van der Waals surface area contributed by atoms with Crippen LogP contribution in [0.25, 0.3) is 0 Å². The average molecular weight is 405 g/mol. The number of para-hydroxylation sites is 1. The quantitative estimate of drug-likeness (QED) is 0.697. The van der Waals surface area contributed by atoms with Gasteiger partial charge in [0, 0.05) is 13.2 Å². The third-order valence-electron chi connectivity index (χ3n) is 4.36. The maximum atomic E-state index is 13.4. The lowest BCUT2D eigenvalue weighted by Gasteiger charge is -2.27. The first-order valence-corrected chi connectivity index (χ1v) is 10.7. The van der Waals surface area contributed by atoms with Crippen LogP contribution in [0.2, 0.25) is 0 Å². The molecule has 0 saturated carbocycles. The van der Waals surface area contributed by atoms with Crippen molar-refractivity contribution in [3.05, 3.63) is 59.7 Å². The monoisotopic (exact) mass is 404 g/mol. The molecule has 2 rings (SSSR count). The van der Waals surface area contributed by atoms with Gasteiger partial charge in [-0.2, -0.15) is 0 Å². The summed E-state index contributed by atoms with van der Waals surface area (Å²) in [6.07, 6.45) is 0.651. The topological polar surface area (TPSA) is 75.7 Å². The third-order valence-corrected chi connectivity index (χ3v) is 6.14. The highest BCUT2D eigenvalue weighted by atomic mass is 32.2. The van der Waals surface area contributed by atoms with Gasteiger partial charge in [-0.15, -0.1) is 0 Å². The Hall–Kier alpha value is -2.38. The van der Waals surface area contributed by atoms with Gasteiger partial charge in [0.05, 0.1) is 17.2 Å². The van der Waals surface area contributed by atoms with Crippen molar-refractivity contribution in [2.75, 3.05) is 24.6 Å². The highest BCUT2D eigenvalue weighted by Crippen LogP contribution is 2.27. The fourth-order valence-electron chi connectivity index (χ4n) is 2.93. The fourth-order valence-corrected chi connectivity index (χ4v) is 4.39. The molecule has 2 aromatic carbocycles. The first-order valence-electron chi connectivity index (χ1n) is 9.25. The van der Waals surface area contributed by atoms with Gasteiger partial charge in [0.2, 0.25) is 5.91 Å². The predicted octanol–water partition coefficient (Wildman–Crippen LogP) is 2.90. The number of methoxy groups -OCH3 is 1. The fraction of sp³-hybridized carbons (Fsp3) is 0.381. The zero-order valence-corrected chi connectivity index (χ0v) is 17.6. The zero-order chi connectivity index (χ0) is 20.7. The number of benzene rings is 2. The van der Waals surface area contributed by atoms with E-state index in [1.807, 2.05) is 26.0 Å². The van der Waals surface area contributed by atoms with Gasteiger partial charge in [0.25, 0.3) is 10.0 Å². The minimum atomic E-state index is -3.91. The summed E-state index contributed by atoms with van der Waals surface area (Å²) in [5, 5.41) is 2.78. The van der Waals surface area contributed by atoms with Crippen molar-refractivity contribution in [2.45, 2.75) is 38.1 Å². The van der Waals surface area contributed by atoms with Crippen molar-refractivity contribution in [1.82, 2.24) is 5.32 Å². The molecule has 6 nitrogen and oxygen atoms in total. The van der Waals surface area contributed by atoms with Crippen molar-refractivity contribution in [3.63, 3.8) is 0 Å². The third kappa shape index (κ3) is 5.33. The van der Waals surface area contributed by atoms with Crippen LogP contribution in [0.4, 0.5) is 5.69 Å². The standard InChI is InChI=1S/C21H28N2O4S/c1-5-18-8-6-7-9-20(18)23(14-21(24)22-17(3)15-27-4)28(25,26)19-12-10-16(2)11-13-19/h6-13,17H,5,14-15H2,1-4H3,(H,22,24)/t17-/m0/s1. The van der Waals surface area contributed by atoms with E-state index >= 15 is 0 Å². The Morgan fingerprint density at radius 1 is 1.14 bits per heavy atom. The van der Waals surface area contributed by atoms with Crippen LogP contribution >= 0.6 is 0 Å². The summed E-state index contributed by atoms with van der Waals surface area (Å²) in [5.41, 5.74) is 2.33. The molecular weight excluding hydrogens is 376 g/mol. The van der Waals surface area contributed by atoms with E-state index in [0.29, 0.717) is 18.7 Å². The van der Waals surface area contributed by atoms with Crippen LogP contribution < -0.4 is 9.62 Å². The smallest absolute Gasteiger partial charge is 0.264 e. The number of nitrogens with zero attached hydrogens (tertiary/aromatic N) is 1. The Bertz CT molecular complexity index is 895. The van der Waals surface area contributed by atoms with E-state index in [1.165, 1.54) is 4.31 Å². The maximum Gasteiger partial charge on any atom is 0.264 e. The number of hydrogen-bond acceptors (Lipinski definition) is 4. The van der Waals surface area contributed by atoms with Gasteiger partial charge < -0.3 is 10.1 Å². The molecule has 0 saturated heterocycles. The molecule has 1 atom stereocenters. The van der Waals surface area contributed by atoms with E-state index < -0.39 is 10.0 Å². The van der Waals surface area contributed by atoms with Crippen molar-refractivity contribution >= 4 is 21.6 Å². The van der Waals surface area contributed by atoms with E-state index in [1.54, 1.807) is 50.4 Å². The summed E-state index contributed by atoms with van der Waals surface area (Å²) >= 11 is 0. The van der Waals surface area contributed by atoms with Crippen LogP contribution in [0.15, 0.2) is 53.4 Å². The van der Waals surface area contributed by atoms with Crippen molar-refractivity contribution < 1.29 is 17.9 Å². The summed E-state index contributed by atoms with van der Waals surface area (Å²) in [5.74, 6) is -0.383. The Kier molecular flexibility index (Phi) is 7.60. The zero-order valence-electron chi connectivity index (χ0n) is 16.8. The summed E-state index contributed by atoms with van der Waals surface area (Å²) in [6, 6.07) is 13.7. The lowest BCUT2D eigenvalue weighted by atomic mass is 10.1. The predicted molar refractivity (Wildman–Crippen MR) is 111 cm³/mol. The number of aryl methyl sites for hydroxylation is 2. The Balaban J connectivity index is 2.44. The van der Waals surface area contributed by atoms with Gasteiger partial charge in [0.1, 0.15) is 6.54 Å². The minimum Gasteiger partial charge on any atom is -0.383 e. The van der Waals surface area contributed by atoms with Crippen LogP contribution in [0.5, 0.6) is 0 Å². The molecule has 0 aliphatic heterocycles. The van der Waals surface area contributed by atoms with Crippen LogP contribution in [-0.2, 0) is 26.0 Å². The molecule has 0 radical (unpaired) electrons. The highest BCUT2D eigenvalue weighted by molar-refractivity contribution is 7.92. The maximum absolute atomic E-state index is 13.4. The first kappa shape index (κ1) is 21.9. The SMILES string of the molecule is CCc1ccccc1N(CC(=O)N[C@@H](C)COC)S(=O)(=O)c1ccc(C)cc1. The summed E-state index contributed by atoms with van der Waals surface area (Å²) in [4.78, 5) is 12.7. The molecule has 0 bridgehead atoms. The van der Waals surface area contributed by atoms with Crippen LogP contribution in [0, 0.1) is 6.92 Å². The van der Waals surface area contributed by atoms with Crippen LogP contribution in [0.3, 0.4) is 0 Å². The lowest BCUT2D eigenvalue weighted by Crippen LogP contribution is -2.45. The minimum absolute atomic E-state index is 0.154. The normalized spacial score (nSPS) is 12.4. The van der Waals surface area contributed by atoms with Crippen molar-refractivity contribution in [2.24, 2.45) is 0 Å². The second kappa shape index (κ2) is 9.71. The first-order chi connectivity index (χ1) is 13.3. The second-order valence-corrected chi connectivity index (χ2v) is 8.59. The number of ether oxygens (including phenoxy) is 1. The van der Waals surface area contributed by atoms with E-state index in [4.69, 9.17) is 4.74 Å². The molecule has 0 fully saturated rings. The number of rotatable bonds is 9. The molecule has 152 valence electrons. The second-order valence-electron chi connectivity index (χ2n) is 6.73. The van der Waals surface area contributed by atoms with Crippen LogP contribution in [0.1, 0.15) is 25.0 Å². The Morgan fingerprint density at radius 3 is 2.39 bits per heavy atom. The average Bonchev–Trinajstić information content (AvgIpc) is 2.66. The van der Waals surface area contributed by atoms with E-state index in [-0.39, 0.29) is 23.4 Å². The van der Waals surface area contributed by atoms with Crippen molar-refractivity contribution in [1.29, 1.82) is 0 Å². The molecule has 1 N–H and O–H groups in total. The molecule has 0 unspecified atom stereocenters. The number of amides is 1. The number of sulfonamides is 1. The molecular formula is C21H28N2O4S. The molecule has 0 aliphatic rings. The van der Waals surface area contributed by atoms with E-state index in [0.717, 1.165) is 11.1 Å². The van der Waals surface area contributed by atoms with Gasteiger partial charge in [-0.05, 0) is 44.0 Å². The summed E-state index contributed by atoms with van der Waals surface area (Å²) in [6.45, 7) is 5.70. The molecule has 7 heteroatoms. The largest absolute Gasteiger partial charge is 0.383 e. The number of nitrogens with one attached hydrogen (secondary N) is 1. The molecule has 2 aromatic rings. The van der Waals surface area contributed by atoms with Crippen molar-refractivity contribution in [3.8, 4) is 0 Å². The van der Waals surface area contributed by atoms with E-state index in [2.05, 4.69) is 5.32 Å². The molecule has 0 aliphatic carbocycles. The number of carbonyl (C=O) groups excluding carboxylic acids is 1. The molecule has 0 aromatic heterocycles. The molecule has 1 amide bonds.